The van der Waals surface area contributed by atoms with Crippen molar-refractivity contribution in [1.82, 2.24) is 5.32 Å². The summed E-state index contributed by atoms with van der Waals surface area (Å²) in [5.41, 5.74) is 0.690. The van der Waals surface area contributed by atoms with Gasteiger partial charge in [0.2, 0.25) is 0 Å². The fraction of sp³-hybridized carbons (Fsp3) is 0.357. The summed E-state index contributed by atoms with van der Waals surface area (Å²) in [6, 6.07) is 6.41. The predicted octanol–water partition coefficient (Wildman–Crippen LogP) is 2.08. The Morgan fingerprint density at radius 1 is 1.53 bits per heavy atom. The lowest BCUT2D eigenvalue weighted by molar-refractivity contribution is -0.142. The van der Waals surface area contributed by atoms with Crippen LogP contribution in [0.2, 0.25) is 5.02 Å². The second kappa shape index (κ2) is 7.94. The highest BCUT2D eigenvalue weighted by Crippen LogP contribution is 2.21. The van der Waals surface area contributed by atoms with Crippen LogP contribution in [0, 0.1) is 0 Å². The van der Waals surface area contributed by atoms with Gasteiger partial charge in [-0.1, -0.05) is 29.8 Å². The highest BCUT2D eigenvalue weighted by molar-refractivity contribution is 6.30. The van der Waals surface area contributed by atoms with Crippen LogP contribution in [0.15, 0.2) is 36.9 Å². The third-order valence-electron chi connectivity index (χ3n) is 2.73. The van der Waals surface area contributed by atoms with E-state index in [1.807, 2.05) is 0 Å². The molecule has 5 heteroatoms. The minimum absolute atomic E-state index is 0.0775. The highest BCUT2D eigenvalue weighted by Gasteiger charge is 2.23. The number of methoxy groups -OCH3 is 1. The van der Waals surface area contributed by atoms with E-state index in [-0.39, 0.29) is 12.4 Å². The van der Waals surface area contributed by atoms with Crippen LogP contribution in [-0.2, 0) is 9.53 Å². The number of ether oxygens (including phenoxy) is 1. The Hall–Kier alpha value is -1.36. The Morgan fingerprint density at radius 3 is 2.68 bits per heavy atom. The Bertz CT molecular complexity index is 419. The van der Waals surface area contributed by atoms with E-state index in [4.69, 9.17) is 11.6 Å². The minimum Gasteiger partial charge on any atom is -0.469 e. The molecule has 0 heterocycles. The quantitative estimate of drug-likeness (QED) is 0.594. The molecule has 1 aromatic rings. The van der Waals surface area contributed by atoms with Crippen molar-refractivity contribution in [1.29, 1.82) is 0 Å². The number of carbonyl (C=O) groups excluding carboxylic acids is 1. The molecular weight excluding hydrogens is 266 g/mol. The highest BCUT2D eigenvalue weighted by atomic mass is 35.5. The molecule has 1 rings (SSSR count). The molecule has 0 bridgehead atoms. The molecule has 0 radical (unpaired) electrons. The van der Waals surface area contributed by atoms with E-state index in [1.165, 1.54) is 7.11 Å². The van der Waals surface area contributed by atoms with Gasteiger partial charge >= 0.3 is 5.97 Å². The molecule has 0 spiro atoms. The zero-order valence-electron chi connectivity index (χ0n) is 10.8. The molecule has 0 aliphatic rings. The SMILES string of the molecule is C=CCNC(CC(=O)OC)C(O)c1ccc(Cl)cc1. The molecule has 0 aromatic heterocycles. The summed E-state index contributed by atoms with van der Waals surface area (Å²) in [7, 11) is 1.32. The number of hydrogen-bond donors (Lipinski definition) is 2. The molecule has 4 nitrogen and oxygen atoms in total. The topological polar surface area (TPSA) is 58.6 Å². The monoisotopic (exact) mass is 283 g/mol. The van der Waals surface area contributed by atoms with Gasteiger partial charge < -0.3 is 15.2 Å². The van der Waals surface area contributed by atoms with Crippen molar-refractivity contribution in [2.24, 2.45) is 0 Å². The summed E-state index contributed by atoms with van der Waals surface area (Å²) in [5, 5.41) is 13.9. The minimum atomic E-state index is -0.823. The maximum absolute atomic E-state index is 11.4. The predicted molar refractivity (Wildman–Crippen MR) is 75.0 cm³/mol. The van der Waals surface area contributed by atoms with E-state index in [0.29, 0.717) is 17.1 Å². The molecule has 19 heavy (non-hydrogen) atoms. The van der Waals surface area contributed by atoms with Crippen molar-refractivity contribution in [3.8, 4) is 0 Å². The van der Waals surface area contributed by atoms with Gasteiger partial charge in [0.25, 0.3) is 0 Å². The van der Waals surface area contributed by atoms with Gasteiger partial charge in [-0.15, -0.1) is 6.58 Å². The smallest absolute Gasteiger partial charge is 0.307 e. The average Bonchev–Trinajstić information content (AvgIpc) is 2.43. The normalized spacial score (nSPS) is 13.6. The van der Waals surface area contributed by atoms with Crippen LogP contribution in [0.1, 0.15) is 18.1 Å². The molecule has 2 atom stereocenters. The van der Waals surface area contributed by atoms with E-state index >= 15 is 0 Å². The van der Waals surface area contributed by atoms with Crippen LogP contribution < -0.4 is 5.32 Å². The maximum atomic E-state index is 11.4. The van der Waals surface area contributed by atoms with Gasteiger partial charge in [0.05, 0.1) is 19.6 Å². The van der Waals surface area contributed by atoms with Crippen LogP contribution in [0.25, 0.3) is 0 Å². The lowest BCUT2D eigenvalue weighted by Crippen LogP contribution is -2.37. The molecule has 2 unspecified atom stereocenters. The van der Waals surface area contributed by atoms with Crippen LogP contribution in [0.3, 0.4) is 0 Å². The number of carbonyl (C=O) groups is 1. The first-order valence-electron chi connectivity index (χ1n) is 5.93. The summed E-state index contributed by atoms with van der Waals surface area (Å²) < 4.78 is 4.63. The van der Waals surface area contributed by atoms with E-state index in [2.05, 4.69) is 16.6 Å². The number of nitrogens with one attached hydrogen (secondary N) is 1. The van der Waals surface area contributed by atoms with Crippen molar-refractivity contribution in [3.05, 3.63) is 47.5 Å². The first-order chi connectivity index (χ1) is 9.08. The average molecular weight is 284 g/mol. The molecule has 0 aliphatic heterocycles. The lowest BCUT2D eigenvalue weighted by Gasteiger charge is -2.23. The molecule has 0 aliphatic carbocycles. The number of hydrogen-bond acceptors (Lipinski definition) is 4. The first-order valence-corrected chi connectivity index (χ1v) is 6.31. The second-order valence-corrected chi connectivity index (χ2v) is 4.52. The standard InChI is InChI=1S/C14H18ClNO3/c1-3-8-16-12(9-13(17)19-2)14(18)10-4-6-11(15)7-5-10/h3-7,12,14,16,18H,1,8-9H2,2H3. The van der Waals surface area contributed by atoms with Gasteiger partial charge in [-0.25, -0.2) is 0 Å². The molecule has 0 saturated carbocycles. The van der Waals surface area contributed by atoms with E-state index in [9.17, 15) is 9.90 Å². The zero-order valence-corrected chi connectivity index (χ0v) is 11.6. The van der Waals surface area contributed by atoms with Gasteiger partial charge in [0, 0.05) is 17.6 Å². The molecule has 0 saturated heterocycles. The largest absolute Gasteiger partial charge is 0.469 e. The number of aliphatic hydroxyl groups is 1. The van der Waals surface area contributed by atoms with Gasteiger partial charge in [-0.05, 0) is 17.7 Å². The summed E-state index contributed by atoms with van der Waals surface area (Å²) in [4.78, 5) is 11.4. The van der Waals surface area contributed by atoms with Crippen molar-refractivity contribution in [2.75, 3.05) is 13.7 Å². The van der Waals surface area contributed by atoms with Crippen molar-refractivity contribution >= 4 is 17.6 Å². The Labute approximate surface area is 118 Å². The number of aliphatic hydroxyl groups excluding tert-OH is 1. The molecule has 0 amide bonds. The van der Waals surface area contributed by atoms with Crippen LogP contribution in [-0.4, -0.2) is 30.8 Å². The summed E-state index contributed by atoms with van der Waals surface area (Å²) >= 11 is 5.80. The van der Waals surface area contributed by atoms with Gasteiger partial charge in [-0.2, -0.15) is 0 Å². The summed E-state index contributed by atoms with van der Waals surface area (Å²) in [5.74, 6) is -0.380. The third-order valence-corrected chi connectivity index (χ3v) is 2.98. The molecule has 2 N–H and O–H groups in total. The zero-order chi connectivity index (χ0) is 14.3. The Morgan fingerprint density at radius 2 is 2.16 bits per heavy atom. The van der Waals surface area contributed by atoms with Crippen LogP contribution in [0.5, 0.6) is 0 Å². The maximum Gasteiger partial charge on any atom is 0.307 e. The van der Waals surface area contributed by atoms with Gasteiger partial charge in [-0.3, -0.25) is 4.79 Å². The summed E-state index contributed by atoms with van der Waals surface area (Å²) in [6.07, 6.45) is 0.920. The van der Waals surface area contributed by atoms with Crippen LogP contribution >= 0.6 is 11.6 Å². The van der Waals surface area contributed by atoms with E-state index in [0.717, 1.165) is 0 Å². The Kier molecular flexibility index (Phi) is 6.56. The van der Waals surface area contributed by atoms with Gasteiger partial charge in [0.1, 0.15) is 0 Å². The van der Waals surface area contributed by atoms with Gasteiger partial charge in [0.15, 0.2) is 0 Å². The van der Waals surface area contributed by atoms with Crippen molar-refractivity contribution in [3.63, 3.8) is 0 Å². The number of benzene rings is 1. The fourth-order valence-corrected chi connectivity index (χ4v) is 1.81. The van der Waals surface area contributed by atoms with Crippen molar-refractivity contribution < 1.29 is 14.6 Å². The molecule has 1 aromatic carbocycles. The molecular formula is C14H18ClNO3. The van der Waals surface area contributed by atoms with E-state index < -0.39 is 12.1 Å². The third kappa shape index (κ3) is 5.03. The first kappa shape index (κ1) is 15.7. The number of esters is 1. The Balaban J connectivity index is 2.79. The second-order valence-electron chi connectivity index (χ2n) is 4.08. The molecule has 104 valence electrons. The fourth-order valence-electron chi connectivity index (χ4n) is 1.69. The van der Waals surface area contributed by atoms with Crippen LogP contribution in [0.4, 0.5) is 0 Å². The van der Waals surface area contributed by atoms with Crippen molar-refractivity contribution in [2.45, 2.75) is 18.6 Å². The number of rotatable bonds is 7. The summed E-state index contributed by atoms with van der Waals surface area (Å²) in [6.45, 7) is 4.09. The number of halogens is 1. The molecule has 0 fully saturated rings. The lowest BCUT2D eigenvalue weighted by atomic mass is 9.99. The van der Waals surface area contributed by atoms with E-state index in [1.54, 1.807) is 30.3 Å².